The summed E-state index contributed by atoms with van der Waals surface area (Å²) in [4.78, 5) is 31.1. The van der Waals surface area contributed by atoms with Gasteiger partial charge in [0.2, 0.25) is 0 Å². The van der Waals surface area contributed by atoms with E-state index in [0.717, 1.165) is 31.2 Å². The molecule has 0 spiro atoms. The minimum Gasteiger partial charge on any atom is -0.458 e. The van der Waals surface area contributed by atoms with Crippen LogP contribution in [-0.2, 0) is 11.3 Å². The maximum absolute atomic E-state index is 13.0. The standard InChI is InChI=1S/C21H22N2O3S/c1-14-17-19(27-18(14)21(25)26-16-10-6-3-7-11-16)22-13-23(20(17)24)12-15-8-4-2-5-9-15/h2,4-5,8-9,13,16H,3,6-7,10-12H2,1H3. The monoisotopic (exact) mass is 382 g/mol. The van der Waals surface area contributed by atoms with E-state index in [1.807, 2.05) is 37.3 Å². The zero-order valence-corrected chi connectivity index (χ0v) is 16.1. The van der Waals surface area contributed by atoms with Crippen molar-refractivity contribution in [3.05, 3.63) is 63.0 Å². The minimum absolute atomic E-state index is 0.00133. The molecule has 1 aliphatic carbocycles. The Morgan fingerprint density at radius 3 is 2.70 bits per heavy atom. The van der Waals surface area contributed by atoms with E-state index in [9.17, 15) is 9.59 Å². The van der Waals surface area contributed by atoms with Gasteiger partial charge in [-0.05, 0) is 43.7 Å². The van der Waals surface area contributed by atoms with Crippen molar-refractivity contribution in [1.29, 1.82) is 0 Å². The zero-order chi connectivity index (χ0) is 18.8. The molecule has 5 nitrogen and oxygen atoms in total. The SMILES string of the molecule is Cc1c(C(=O)OC2CCCCC2)sc2ncn(Cc3ccccc3)c(=O)c12. The van der Waals surface area contributed by atoms with Gasteiger partial charge in [-0.2, -0.15) is 0 Å². The molecule has 1 aliphatic rings. The van der Waals surface area contributed by atoms with Crippen molar-refractivity contribution in [3.8, 4) is 0 Å². The van der Waals surface area contributed by atoms with E-state index >= 15 is 0 Å². The van der Waals surface area contributed by atoms with Crippen molar-refractivity contribution >= 4 is 27.5 Å². The van der Waals surface area contributed by atoms with Crippen molar-refractivity contribution in [2.75, 3.05) is 0 Å². The molecule has 2 aromatic heterocycles. The van der Waals surface area contributed by atoms with Crippen LogP contribution in [0.3, 0.4) is 0 Å². The maximum Gasteiger partial charge on any atom is 0.348 e. The van der Waals surface area contributed by atoms with Crippen molar-refractivity contribution in [3.63, 3.8) is 0 Å². The lowest BCUT2D eigenvalue weighted by Gasteiger charge is -2.21. The molecule has 1 saturated carbocycles. The van der Waals surface area contributed by atoms with Crippen molar-refractivity contribution in [2.45, 2.75) is 51.7 Å². The number of benzene rings is 1. The van der Waals surface area contributed by atoms with Gasteiger partial charge in [-0.25, -0.2) is 9.78 Å². The number of ether oxygens (including phenoxy) is 1. The molecule has 6 heteroatoms. The summed E-state index contributed by atoms with van der Waals surface area (Å²) < 4.78 is 7.28. The molecule has 4 rings (SSSR count). The zero-order valence-electron chi connectivity index (χ0n) is 15.3. The van der Waals surface area contributed by atoms with E-state index in [4.69, 9.17) is 4.74 Å². The molecule has 3 aromatic rings. The van der Waals surface area contributed by atoms with Crippen molar-refractivity contribution in [2.24, 2.45) is 0 Å². The third-order valence-electron chi connectivity index (χ3n) is 5.12. The average molecular weight is 382 g/mol. The number of carbonyl (C=O) groups excluding carboxylic acids is 1. The molecule has 0 radical (unpaired) electrons. The third-order valence-corrected chi connectivity index (χ3v) is 6.30. The van der Waals surface area contributed by atoms with Crippen molar-refractivity contribution < 1.29 is 9.53 Å². The first kappa shape index (κ1) is 17.9. The number of aromatic nitrogens is 2. The number of esters is 1. The Morgan fingerprint density at radius 2 is 1.96 bits per heavy atom. The normalized spacial score (nSPS) is 15.1. The van der Waals surface area contributed by atoms with Crippen LogP contribution in [0.25, 0.3) is 10.2 Å². The summed E-state index contributed by atoms with van der Waals surface area (Å²) in [5.41, 5.74) is 1.59. The smallest absolute Gasteiger partial charge is 0.348 e. The highest BCUT2D eigenvalue weighted by molar-refractivity contribution is 7.20. The summed E-state index contributed by atoms with van der Waals surface area (Å²) in [5, 5.41) is 0.522. The van der Waals surface area contributed by atoms with Crippen LogP contribution >= 0.6 is 11.3 Å². The maximum atomic E-state index is 13.0. The Hall–Kier alpha value is -2.47. The van der Waals surface area contributed by atoms with E-state index in [0.29, 0.717) is 27.2 Å². The molecule has 0 atom stereocenters. The Morgan fingerprint density at radius 1 is 1.22 bits per heavy atom. The average Bonchev–Trinajstić information content (AvgIpc) is 3.03. The van der Waals surface area contributed by atoms with Gasteiger partial charge in [0.1, 0.15) is 15.8 Å². The Labute approximate surface area is 161 Å². The largest absolute Gasteiger partial charge is 0.458 e. The predicted octanol–water partition coefficient (Wildman–Crippen LogP) is 4.30. The summed E-state index contributed by atoms with van der Waals surface area (Å²) >= 11 is 1.25. The van der Waals surface area contributed by atoms with Gasteiger partial charge in [-0.3, -0.25) is 9.36 Å². The molecule has 0 aliphatic heterocycles. The van der Waals surface area contributed by atoms with Gasteiger partial charge in [0.05, 0.1) is 18.3 Å². The summed E-state index contributed by atoms with van der Waals surface area (Å²) in [6, 6.07) is 9.79. The second-order valence-electron chi connectivity index (χ2n) is 7.06. The van der Waals surface area contributed by atoms with Crippen molar-refractivity contribution in [1.82, 2.24) is 9.55 Å². The molecule has 0 unspecified atom stereocenters. The number of hydrogen-bond acceptors (Lipinski definition) is 5. The third kappa shape index (κ3) is 3.67. The van der Waals surface area contributed by atoms with E-state index < -0.39 is 0 Å². The topological polar surface area (TPSA) is 61.2 Å². The lowest BCUT2D eigenvalue weighted by Crippen LogP contribution is -2.22. The lowest BCUT2D eigenvalue weighted by atomic mass is 9.98. The lowest BCUT2D eigenvalue weighted by molar-refractivity contribution is 0.0216. The first-order valence-corrected chi connectivity index (χ1v) is 10.2. The molecule has 0 amide bonds. The molecule has 0 N–H and O–H groups in total. The van der Waals surface area contributed by atoms with E-state index in [1.165, 1.54) is 17.8 Å². The van der Waals surface area contributed by atoms with E-state index in [2.05, 4.69) is 4.98 Å². The summed E-state index contributed by atoms with van der Waals surface area (Å²) in [6.45, 7) is 2.27. The van der Waals surface area contributed by atoms with Crippen LogP contribution in [0, 0.1) is 6.92 Å². The predicted molar refractivity (Wildman–Crippen MR) is 106 cm³/mol. The fraction of sp³-hybridized carbons (Fsp3) is 0.381. The molecule has 1 fully saturated rings. The van der Waals surface area contributed by atoms with E-state index in [-0.39, 0.29) is 17.6 Å². The fourth-order valence-electron chi connectivity index (χ4n) is 3.63. The van der Waals surface area contributed by atoms with Gasteiger partial charge in [0.25, 0.3) is 5.56 Å². The molecule has 1 aromatic carbocycles. The number of rotatable bonds is 4. The van der Waals surface area contributed by atoms with Gasteiger partial charge in [0.15, 0.2) is 0 Å². The number of thiophene rings is 1. The van der Waals surface area contributed by atoms with Gasteiger partial charge in [-0.15, -0.1) is 11.3 Å². The number of hydrogen-bond donors (Lipinski definition) is 0. The number of carbonyl (C=O) groups is 1. The molecule has 0 bridgehead atoms. The first-order chi connectivity index (χ1) is 13.1. The second-order valence-corrected chi connectivity index (χ2v) is 8.06. The van der Waals surface area contributed by atoms with Crippen LogP contribution in [0.2, 0.25) is 0 Å². The summed E-state index contributed by atoms with van der Waals surface area (Å²) in [5.74, 6) is -0.323. The molecular formula is C21H22N2O3S. The van der Waals surface area contributed by atoms with Gasteiger partial charge >= 0.3 is 5.97 Å². The second kappa shape index (κ2) is 7.64. The van der Waals surface area contributed by atoms with Crippen LogP contribution in [-0.4, -0.2) is 21.6 Å². The molecule has 2 heterocycles. The molecule has 0 saturated heterocycles. The number of nitrogens with zero attached hydrogens (tertiary/aromatic N) is 2. The fourth-order valence-corrected chi connectivity index (χ4v) is 4.66. The highest BCUT2D eigenvalue weighted by Gasteiger charge is 2.24. The first-order valence-electron chi connectivity index (χ1n) is 9.37. The van der Waals surface area contributed by atoms with Crippen LogP contribution in [0.15, 0.2) is 41.5 Å². The quantitative estimate of drug-likeness (QED) is 0.631. The molecule has 27 heavy (non-hydrogen) atoms. The molecular weight excluding hydrogens is 360 g/mol. The highest BCUT2D eigenvalue weighted by atomic mass is 32.1. The Kier molecular flexibility index (Phi) is 5.07. The Bertz CT molecular complexity index is 1020. The number of fused-ring (bicyclic) bond motifs is 1. The minimum atomic E-state index is -0.323. The van der Waals surface area contributed by atoms with Gasteiger partial charge in [0, 0.05) is 0 Å². The summed E-state index contributed by atoms with van der Waals surface area (Å²) in [6.07, 6.45) is 6.84. The van der Waals surface area contributed by atoms with Crippen LogP contribution in [0.5, 0.6) is 0 Å². The number of aryl methyl sites for hydroxylation is 1. The highest BCUT2D eigenvalue weighted by Crippen LogP contribution is 2.29. The van der Waals surface area contributed by atoms with E-state index in [1.54, 1.807) is 10.9 Å². The molecule has 140 valence electrons. The van der Waals surface area contributed by atoms with Crippen LogP contribution in [0.4, 0.5) is 0 Å². The summed E-state index contributed by atoms with van der Waals surface area (Å²) in [7, 11) is 0. The van der Waals surface area contributed by atoms with Crippen LogP contribution in [0.1, 0.15) is 52.9 Å². The van der Waals surface area contributed by atoms with Gasteiger partial charge < -0.3 is 4.74 Å². The van der Waals surface area contributed by atoms with Crippen LogP contribution < -0.4 is 5.56 Å². The van der Waals surface area contributed by atoms with Gasteiger partial charge in [-0.1, -0.05) is 36.8 Å². The Balaban J connectivity index is 1.64.